The van der Waals surface area contributed by atoms with Gasteiger partial charge in [-0.05, 0) is 13.8 Å². The molecule has 0 aliphatic carbocycles. The Bertz CT molecular complexity index is 390. The molecule has 2 heterocycles. The molecule has 100 valence electrons. The first-order valence-electron chi connectivity index (χ1n) is 5.54. The molecule has 2 fully saturated rings. The van der Waals surface area contributed by atoms with Crippen LogP contribution in [0.2, 0.25) is 0 Å². The van der Waals surface area contributed by atoms with Gasteiger partial charge in [-0.15, -0.1) is 0 Å². The molecule has 2 unspecified atom stereocenters. The second kappa shape index (κ2) is 4.17. The highest BCUT2D eigenvalue weighted by atomic mass is 32.2. The van der Waals surface area contributed by atoms with E-state index >= 15 is 0 Å². The molecule has 7 heteroatoms. The van der Waals surface area contributed by atoms with Gasteiger partial charge in [-0.25, -0.2) is 0 Å². The van der Waals surface area contributed by atoms with Gasteiger partial charge < -0.3 is 14.2 Å². The van der Waals surface area contributed by atoms with Crippen molar-refractivity contribution in [3.8, 4) is 0 Å². The van der Waals surface area contributed by atoms with Crippen LogP contribution in [0.25, 0.3) is 0 Å². The summed E-state index contributed by atoms with van der Waals surface area (Å²) in [6.07, 6.45) is 1.29. The minimum absolute atomic E-state index is 0.0172. The smallest absolute Gasteiger partial charge is 0.264 e. The SMILES string of the molecule is CC1(C)OCCC12OCC(COS(C)(=O)=O)O2. The first-order chi connectivity index (χ1) is 7.74. The van der Waals surface area contributed by atoms with Crippen LogP contribution in [0.15, 0.2) is 0 Å². The average molecular weight is 266 g/mol. The monoisotopic (exact) mass is 266 g/mol. The maximum absolute atomic E-state index is 10.9. The Morgan fingerprint density at radius 1 is 1.35 bits per heavy atom. The summed E-state index contributed by atoms with van der Waals surface area (Å²) in [5, 5.41) is 0. The minimum atomic E-state index is -3.44. The summed E-state index contributed by atoms with van der Waals surface area (Å²) in [4.78, 5) is 0. The maximum atomic E-state index is 10.9. The predicted octanol–water partition coefficient (Wildman–Crippen LogP) is 0.273. The Morgan fingerprint density at radius 2 is 2.06 bits per heavy atom. The molecular formula is C10H18O6S. The molecule has 0 saturated carbocycles. The number of ether oxygens (including phenoxy) is 3. The summed E-state index contributed by atoms with van der Waals surface area (Å²) in [5.41, 5.74) is -0.521. The van der Waals surface area contributed by atoms with Gasteiger partial charge in [0.15, 0.2) is 5.79 Å². The van der Waals surface area contributed by atoms with Crippen molar-refractivity contribution in [1.29, 1.82) is 0 Å². The molecule has 0 amide bonds. The predicted molar refractivity (Wildman–Crippen MR) is 59.0 cm³/mol. The van der Waals surface area contributed by atoms with Crippen molar-refractivity contribution < 1.29 is 26.8 Å². The van der Waals surface area contributed by atoms with Gasteiger partial charge in [0.05, 0.1) is 26.1 Å². The molecule has 0 N–H and O–H groups in total. The molecule has 0 aromatic heterocycles. The molecule has 17 heavy (non-hydrogen) atoms. The zero-order chi connectivity index (χ0) is 12.7. The largest absolute Gasteiger partial charge is 0.370 e. The number of hydrogen-bond donors (Lipinski definition) is 0. The second-order valence-corrected chi connectivity index (χ2v) is 6.55. The van der Waals surface area contributed by atoms with Crippen LogP contribution in [0.4, 0.5) is 0 Å². The fourth-order valence-corrected chi connectivity index (χ4v) is 2.54. The van der Waals surface area contributed by atoms with Crippen molar-refractivity contribution in [2.24, 2.45) is 0 Å². The van der Waals surface area contributed by atoms with Crippen LogP contribution >= 0.6 is 0 Å². The van der Waals surface area contributed by atoms with Gasteiger partial charge in [0.2, 0.25) is 0 Å². The Morgan fingerprint density at radius 3 is 2.59 bits per heavy atom. The Hall–Kier alpha value is -0.210. The lowest BCUT2D eigenvalue weighted by Gasteiger charge is -2.34. The lowest BCUT2D eigenvalue weighted by atomic mass is 9.97. The lowest BCUT2D eigenvalue weighted by molar-refractivity contribution is -0.234. The van der Waals surface area contributed by atoms with Crippen LogP contribution < -0.4 is 0 Å². The maximum Gasteiger partial charge on any atom is 0.264 e. The lowest BCUT2D eigenvalue weighted by Crippen LogP contribution is -2.47. The summed E-state index contributed by atoms with van der Waals surface area (Å²) >= 11 is 0. The molecule has 1 spiro atoms. The van der Waals surface area contributed by atoms with E-state index in [0.717, 1.165) is 6.26 Å². The van der Waals surface area contributed by atoms with Gasteiger partial charge in [0.1, 0.15) is 11.7 Å². The summed E-state index contributed by atoms with van der Waals surface area (Å²) in [6.45, 7) is 4.69. The summed E-state index contributed by atoms with van der Waals surface area (Å²) < 4.78 is 43.5. The molecule has 0 bridgehead atoms. The molecular weight excluding hydrogens is 248 g/mol. The summed E-state index contributed by atoms with van der Waals surface area (Å²) in [7, 11) is -3.44. The Labute approximate surface area is 101 Å². The fraction of sp³-hybridized carbons (Fsp3) is 1.00. The second-order valence-electron chi connectivity index (χ2n) is 4.90. The van der Waals surface area contributed by atoms with Crippen molar-refractivity contribution in [2.75, 3.05) is 26.1 Å². The van der Waals surface area contributed by atoms with Crippen molar-refractivity contribution >= 4 is 10.1 Å². The van der Waals surface area contributed by atoms with Gasteiger partial charge in [-0.1, -0.05) is 0 Å². The van der Waals surface area contributed by atoms with Crippen LogP contribution in [0.1, 0.15) is 20.3 Å². The first kappa shape index (κ1) is 13.2. The summed E-state index contributed by atoms with van der Waals surface area (Å²) in [5.74, 6) is -0.765. The van der Waals surface area contributed by atoms with E-state index in [4.69, 9.17) is 18.4 Å². The van der Waals surface area contributed by atoms with Crippen LogP contribution in [-0.2, 0) is 28.5 Å². The molecule has 2 atom stereocenters. The normalized spacial score (nSPS) is 36.8. The molecule has 2 rings (SSSR count). The van der Waals surface area contributed by atoms with Crippen LogP contribution in [0.3, 0.4) is 0 Å². The summed E-state index contributed by atoms with van der Waals surface area (Å²) in [6, 6.07) is 0. The van der Waals surface area contributed by atoms with Crippen molar-refractivity contribution in [3.05, 3.63) is 0 Å². The van der Waals surface area contributed by atoms with E-state index in [0.29, 0.717) is 19.6 Å². The van der Waals surface area contributed by atoms with Crippen molar-refractivity contribution in [2.45, 2.75) is 37.8 Å². The highest BCUT2D eigenvalue weighted by Crippen LogP contribution is 2.43. The van der Waals surface area contributed by atoms with E-state index in [1.165, 1.54) is 0 Å². The van der Waals surface area contributed by atoms with Gasteiger partial charge in [0.25, 0.3) is 10.1 Å². The topological polar surface area (TPSA) is 71.1 Å². The Balaban J connectivity index is 1.96. The van der Waals surface area contributed by atoms with E-state index in [-0.39, 0.29) is 12.7 Å². The van der Waals surface area contributed by atoms with Gasteiger partial charge in [-0.2, -0.15) is 8.42 Å². The van der Waals surface area contributed by atoms with Gasteiger partial charge in [-0.3, -0.25) is 4.18 Å². The number of hydrogen-bond acceptors (Lipinski definition) is 6. The van der Waals surface area contributed by atoms with Crippen LogP contribution in [0, 0.1) is 0 Å². The molecule has 0 aromatic rings. The quantitative estimate of drug-likeness (QED) is 0.683. The minimum Gasteiger partial charge on any atom is -0.370 e. The van der Waals surface area contributed by atoms with Gasteiger partial charge in [0, 0.05) is 6.42 Å². The fourth-order valence-electron chi connectivity index (χ4n) is 2.14. The van der Waals surface area contributed by atoms with Crippen molar-refractivity contribution in [1.82, 2.24) is 0 Å². The average Bonchev–Trinajstić information content (AvgIpc) is 2.70. The molecule has 2 aliphatic heterocycles. The zero-order valence-corrected chi connectivity index (χ0v) is 11.1. The van der Waals surface area contributed by atoms with Crippen LogP contribution in [0.5, 0.6) is 0 Å². The standard InChI is InChI=1S/C10H18O6S/c1-9(2)10(4-5-13-9)14-6-8(16-10)7-15-17(3,11)12/h8H,4-7H2,1-3H3. The molecule has 0 aromatic carbocycles. The molecule has 2 saturated heterocycles. The molecule has 2 aliphatic rings. The van der Waals surface area contributed by atoms with E-state index < -0.39 is 21.5 Å². The first-order valence-corrected chi connectivity index (χ1v) is 7.36. The van der Waals surface area contributed by atoms with Gasteiger partial charge >= 0.3 is 0 Å². The third-order valence-corrected chi connectivity index (χ3v) is 3.70. The molecule has 0 radical (unpaired) electrons. The third kappa shape index (κ3) is 2.63. The van der Waals surface area contributed by atoms with Crippen molar-refractivity contribution in [3.63, 3.8) is 0 Å². The Kier molecular flexibility index (Phi) is 3.24. The highest BCUT2D eigenvalue weighted by Gasteiger charge is 2.57. The van der Waals surface area contributed by atoms with E-state index in [1.54, 1.807) is 0 Å². The van der Waals surface area contributed by atoms with E-state index in [2.05, 4.69) is 0 Å². The highest BCUT2D eigenvalue weighted by molar-refractivity contribution is 7.85. The third-order valence-electron chi connectivity index (χ3n) is 3.14. The van der Waals surface area contributed by atoms with E-state index in [1.807, 2.05) is 13.8 Å². The zero-order valence-electron chi connectivity index (χ0n) is 10.3. The van der Waals surface area contributed by atoms with E-state index in [9.17, 15) is 8.42 Å². The number of rotatable bonds is 3. The molecule has 6 nitrogen and oxygen atoms in total. The van der Waals surface area contributed by atoms with Crippen LogP contribution in [-0.4, -0.2) is 52.0 Å².